The smallest absolute Gasteiger partial charge is 0.433 e. The Bertz CT molecular complexity index is 1220. The first kappa shape index (κ1) is 24.0. The van der Waals surface area contributed by atoms with E-state index in [1.807, 2.05) is 13.0 Å². The van der Waals surface area contributed by atoms with Crippen molar-refractivity contribution in [3.8, 4) is 11.3 Å². The molecule has 0 aliphatic heterocycles. The maximum Gasteiger partial charge on any atom is 0.433 e. The van der Waals surface area contributed by atoms with E-state index in [-0.39, 0.29) is 31.6 Å². The minimum Gasteiger partial charge on any atom is -0.479 e. The van der Waals surface area contributed by atoms with Crippen LogP contribution in [0.5, 0.6) is 0 Å². The van der Waals surface area contributed by atoms with E-state index in [4.69, 9.17) is 0 Å². The molecule has 0 saturated heterocycles. The van der Waals surface area contributed by atoms with Crippen LogP contribution in [0.2, 0.25) is 0 Å². The van der Waals surface area contributed by atoms with Crippen LogP contribution in [0.15, 0.2) is 35.8 Å². The van der Waals surface area contributed by atoms with Gasteiger partial charge in [-0.15, -0.1) is 11.3 Å². The molecule has 2 heterocycles. The molecule has 4 rings (SSSR count). The van der Waals surface area contributed by atoms with Gasteiger partial charge in [0.1, 0.15) is 16.3 Å². The van der Waals surface area contributed by atoms with Gasteiger partial charge in [-0.05, 0) is 62.4 Å². The number of aliphatic hydroxyl groups is 2. The van der Waals surface area contributed by atoms with E-state index in [1.54, 1.807) is 17.5 Å². The quantitative estimate of drug-likeness (QED) is 0.415. The average molecular weight is 494 g/mol. The second-order valence-electron chi connectivity index (χ2n) is 8.38. The Morgan fingerprint density at radius 3 is 2.47 bits per heavy atom. The van der Waals surface area contributed by atoms with Crippen LogP contribution in [-0.2, 0) is 16.6 Å². The predicted octanol–water partition coefficient (Wildman–Crippen LogP) is 4.25. The highest BCUT2D eigenvalue weighted by Crippen LogP contribution is 2.43. The molecular formula is C22H21F3N4O4S. The molecule has 1 saturated carbocycles. The molecule has 2 aromatic heterocycles. The second-order valence-corrected chi connectivity index (χ2v) is 9.24. The number of anilines is 2. The Balaban J connectivity index is 1.56. The van der Waals surface area contributed by atoms with E-state index in [9.17, 15) is 33.3 Å². The number of thiazole rings is 1. The molecule has 0 atom stereocenters. The van der Waals surface area contributed by atoms with Crippen molar-refractivity contribution in [2.45, 2.75) is 50.0 Å². The lowest BCUT2D eigenvalue weighted by Crippen LogP contribution is -2.46. The fraction of sp³-hybridized carbons (Fsp3) is 0.364. The number of nitrogens with one attached hydrogen (secondary N) is 1. The highest BCUT2D eigenvalue weighted by atomic mass is 32.1. The first-order chi connectivity index (χ1) is 15.9. The monoisotopic (exact) mass is 494 g/mol. The summed E-state index contributed by atoms with van der Waals surface area (Å²) in [6, 6.07) is 6.04. The topological polar surface area (TPSA) is 128 Å². The standard InChI is InChI=1S/C22H21F3N4O4S/c1-12-8-13(10-14(9-12)27-19-26-7-2-16(29-19)22(23,24)25)15-11-34-17(28-15)20(32)3-5-21(33,6-4-20)18(30)31/h2,7-11,32-33H,3-6H2,1H3,(H,30,31)(H,26,27,29)/t20-,21-. The first-order valence-electron chi connectivity index (χ1n) is 10.3. The number of carboxylic acid groups (broad SMARTS) is 1. The maximum atomic E-state index is 12.9. The van der Waals surface area contributed by atoms with Crippen LogP contribution in [0, 0.1) is 6.92 Å². The highest BCUT2D eigenvalue weighted by molar-refractivity contribution is 7.10. The molecule has 1 fully saturated rings. The number of benzene rings is 1. The number of carboxylic acids is 1. The Labute approximate surface area is 196 Å². The third-order valence-corrected chi connectivity index (χ3v) is 6.82. The Morgan fingerprint density at radius 1 is 1.12 bits per heavy atom. The second kappa shape index (κ2) is 8.60. The van der Waals surface area contributed by atoms with Crippen molar-refractivity contribution in [2.24, 2.45) is 0 Å². The summed E-state index contributed by atoms with van der Waals surface area (Å²) in [5.74, 6) is -1.51. The zero-order chi connectivity index (χ0) is 24.7. The molecule has 0 radical (unpaired) electrons. The van der Waals surface area contributed by atoms with Crippen molar-refractivity contribution in [2.75, 3.05) is 5.32 Å². The SMILES string of the molecule is Cc1cc(Nc2nccc(C(F)(F)F)n2)cc(-c2csc([C@]3(O)CC[C@@](O)(C(=O)O)CC3)n2)c1. The summed E-state index contributed by atoms with van der Waals surface area (Å²) in [5, 5.41) is 35.3. The predicted molar refractivity (Wildman–Crippen MR) is 118 cm³/mol. The van der Waals surface area contributed by atoms with Crippen LogP contribution in [0.4, 0.5) is 24.8 Å². The molecule has 0 amide bonds. The molecule has 1 aromatic carbocycles. The number of hydrogen-bond donors (Lipinski definition) is 4. The van der Waals surface area contributed by atoms with Crippen LogP contribution in [0.1, 0.15) is 41.9 Å². The van der Waals surface area contributed by atoms with E-state index in [1.165, 1.54) is 11.3 Å². The normalized spacial score (nSPS) is 23.0. The molecule has 0 unspecified atom stereocenters. The van der Waals surface area contributed by atoms with Gasteiger partial charge >= 0.3 is 12.1 Å². The molecule has 0 spiro atoms. The van der Waals surface area contributed by atoms with Gasteiger partial charge in [-0.2, -0.15) is 13.2 Å². The fourth-order valence-electron chi connectivity index (χ4n) is 3.83. The van der Waals surface area contributed by atoms with Gasteiger partial charge in [0, 0.05) is 22.8 Å². The molecule has 1 aliphatic carbocycles. The Kier molecular flexibility index (Phi) is 6.08. The molecule has 8 nitrogen and oxygen atoms in total. The number of halogens is 3. The molecule has 180 valence electrons. The number of aromatic nitrogens is 3. The van der Waals surface area contributed by atoms with Crippen molar-refractivity contribution in [3.63, 3.8) is 0 Å². The fourth-order valence-corrected chi connectivity index (χ4v) is 4.82. The van der Waals surface area contributed by atoms with Crippen LogP contribution in [-0.4, -0.2) is 41.8 Å². The molecular weight excluding hydrogens is 473 g/mol. The largest absolute Gasteiger partial charge is 0.479 e. The van der Waals surface area contributed by atoms with Gasteiger partial charge in [0.2, 0.25) is 5.95 Å². The summed E-state index contributed by atoms with van der Waals surface area (Å²) in [7, 11) is 0. The van der Waals surface area contributed by atoms with Crippen LogP contribution in [0.25, 0.3) is 11.3 Å². The summed E-state index contributed by atoms with van der Waals surface area (Å²) in [5.41, 5.74) is -1.77. The molecule has 12 heteroatoms. The van der Waals surface area contributed by atoms with E-state index < -0.39 is 29.0 Å². The lowest BCUT2D eigenvalue weighted by molar-refractivity contribution is -0.168. The van der Waals surface area contributed by atoms with Gasteiger partial charge < -0.3 is 20.6 Å². The minimum atomic E-state index is -4.59. The Morgan fingerprint density at radius 2 is 1.82 bits per heavy atom. The number of aliphatic carboxylic acids is 1. The number of nitrogens with zero attached hydrogens (tertiary/aromatic N) is 3. The van der Waals surface area contributed by atoms with Gasteiger partial charge in [0.15, 0.2) is 5.60 Å². The van der Waals surface area contributed by atoms with Crippen molar-refractivity contribution in [1.82, 2.24) is 15.0 Å². The molecule has 0 bridgehead atoms. The van der Waals surface area contributed by atoms with Crippen molar-refractivity contribution < 1.29 is 33.3 Å². The van der Waals surface area contributed by atoms with Gasteiger partial charge in [-0.25, -0.2) is 19.7 Å². The zero-order valence-corrected chi connectivity index (χ0v) is 18.7. The van der Waals surface area contributed by atoms with Gasteiger partial charge in [0.25, 0.3) is 0 Å². The summed E-state index contributed by atoms with van der Waals surface area (Å²) in [6.45, 7) is 1.82. The highest BCUT2D eigenvalue weighted by Gasteiger charge is 2.47. The van der Waals surface area contributed by atoms with E-state index in [2.05, 4.69) is 20.3 Å². The van der Waals surface area contributed by atoms with E-state index in [0.717, 1.165) is 17.8 Å². The van der Waals surface area contributed by atoms with Crippen LogP contribution in [0.3, 0.4) is 0 Å². The minimum absolute atomic E-state index is 0.0518. The third kappa shape index (κ3) is 4.88. The number of carbonyl (C=O) groups is 1. The van der Waals surface area contributed by atoms with Crippen molar-refractivity contribution in [3.05, 3.63) is 52.1 Å². The third-order valence-electron chi connectivity index (χ3n) is 5.78. The first-order valence-corrected chi connectivity index (χ1v) is 11.2. The number of aryl methyl sites for hydroxylation is 1. The van der Waals surface area contributed by atoms with Gasteiger partial charge in [-0.3, -0.25) is 0 Å². The van der Waals surface area contributed by atoms with Crippen molar-refractivity contribution >= 4 is 28.9 Å². The summed E-state index contributed by atoms with van der Waals surface area (Å²) in [4.78, 5) is 23.2. The summed E-state index contributed by atoms with van der Waals surface area (Å²) < 4.78 is 38.8. The number of alkyl halides is 3. The zero-order valence-electron chi connectivity index (χ0n) is 17.9. The number of hydrogen-bond acceptors (Lipinski definition) is 8. The van der Waals surface area contributed by atoms with E-state index >= 15 is 0 Å². The maximum absolute atomic E-state index is 12.9. The molecule has 3 aromatic rings. The lowest BCUT2D eigenvalue weighted by atomic mass is 9.76. The Hall–Kier alpha value is -3.09. The molecule has 4 N–H and O–H groups in total. The average Bonchev–Trinajstić information content (AvgIpc) is 3.26. The summed E-state index contributed by atoms with van der Waals surface area (Å²) in [6.07, 6.45) is -3.65. The van der Waals surface area contributed by atoms with Crippen LogP contribution >= 0.6 is 11.3 Å². The van der Waals surface area contributed by atoms with Gasteiger partial charge in [0.05, 0.1) is 5.69 Å². The summed E-state index contributed by atoms with van der Waals surface area (Å²) >= 11 is 1.22. The number of rotatable bonds is 5. The lowest BCUT2D eigenvalue weighted by Gasteiger charge is -2.37. The molecule has 1 aliphatic rings. The van der Waals surface area contributed by atoms with Crippen LogP contribution < -0.4 is 5.32 Å². The van der Waals surface area contributed by atoms with Crippen molar-refractivity contribution in [1.29, 1.82) is 0 Å². The van der Waals surface area contributed by atoms with Gasteiger partial charge in [-0.1, -0.05) is 0 Å². The van der Waals surface area contributed by atoms with E-state index in [0.29, 0.717) is 22.0 Å². The molecule has 34 heavy (non-hydrogen) atoms.